The molecular formula is C20H23N3O3. The molecule has 0 radical (unpaired) electrons. The highest BCUT2D eigenvalue weighted by Gasteiger charge is 2.30. The topological polar surface area (TPSA) is 71.5 Å². The minimum Gasteiger partial charge on any atom is -0.496 e. The number of hydrogen-bond acceptors (Lipinski definition) is 4. The van der Waals surface area contributed by atoms with Crippen LogP contribution in [-0.4, -0.2) is 41.9 Å². The van der Waals surface area contributed by atoms with E-state index >= 15 is 0 Å². The molecule has 2 amide bonds. The van der Waals surface area contributed by atoms with Crippen molar-refractivity contribution in [1.29, 1.82) is 0 Å². The van der Waals surface area contributed by atoms with Gasteiger partial charge in [0.1, 0.15) is 11.6 Å². The molecular weight excluding hydrogens is 330 g/mol. The lowest BCUT2D eigenvalue weighted by molar-refractivity contribution is -0.121. The number of benzene rings is 1. The summed E-state index contributed by atoms with van der Waals surface area (Å²) in [7, 11) is 1.55. The Morgan fingerprint density at radius 2 is 2.00 bits per heavy atom. The Bertz CT molecular complexity index is 806. The molecule has 26 heavy (non-hydrogen) atoms. The summed E-state index contributed by atoms with van der Waals surface area (Å²) >= 11 is 0. The summed E-state index contributed by atoms with van der Waals surface area (Å²) in [6.07, 6.45) is 1.55. The number of nitrogens with zero attached hydrogens (tertiary/aromatic N) is 2. The van der Waals surface area contributed by atoms with Crippen LogP contribution in [0.5, 0.6) is 5.75 Å². The van der Waals surface area contributed by atoms with Crippen LogP contribution in [0, 0.1) is 12.8 Å². The maximum Gasteiger partial charge on any atom is 0.257 e. The molecule has 3 rings (SSSR count). The van der Waals surface area contributed by atoms with Crippen molar-refractivity contribution in [1.82, 2.24) is 9.88 Å². The summed E-state index contributed by atoms with van der Waals surface area (Å²) in [6.45, 7) is 2.92. The van der Waals surface area contributed by atoms with E-state index in [0.717, 1.165) is 18.5 Å². The van der Waals surface area contributed by atoms with Gasteiger partial charge in [-0.3, -0.25) is 9.59 Å². The minimum atomic E-state index is -0.246. The van der Waals surface area contributed by atoms with E-state index < -0.39 is 0 Å². The zero-order valence-corrected chi connectivity index (χ0v) is 15.1. The minimum absolute atomic E-state index is 0.0966. The average Bonchev–Trinajstić information content (AvgIpc) is 2.67. The lowest BCUT2D eigenvalue weighted by Crippen LogP contribution is -2.43. The predicted octanol–water partition coefficient (Wildman–Crippen LogP) is 2.89. The number of carbonyl (C=O) groups excluding carboxylic acids is 2. The van der Waals surface area contributed by atoms with Crippen LogP contribution >= 0.6 is 0 Å². The van der Waals surface area contributed by atoms with Crippen molar-refractivity contribution < 1.29 is 14.3 Å². The first kappa shape index (κ1) is 17.9. The van der Waals surface area contributed by atoms with Gasteiger partial charge < -0.3 is 15.0 Å². The van der Waals surface area contributed by atoms with Crippen molar-refractivity contribution in [2.24, 2.45) is 5.92 Å². The van der Waals surface area contributed by atoms with Crippen LogP contribution in [0.2, 0.25) is 0 Å². The van der Waals surface area contributed by atoms with Gasteiger partial charge >= 0.3 is 0 Å². The molecule has 6 nitrogen and oxygen atoms in total. The molecule has 1 saturated heterocycles. The molecule has 1 aromatic carbocycles. The number of methoxy groups -OCH3 is 1. The normalized spacial score (nSPS) is 16.8. The first-order chi connectivity index (χ1) is 12.6. The monoisotopic (exact) mass is 353 g/mol. The van der Waals surface area contributed by atoms with Gasteiger partial charge in [-0.2, -0.15) is 0 Å². The second kappa shape index (κ2) is 7.99. The third-order valence-corrected chi connectivity index (χ3v) is 4.56. The van der Waals surface area contributed by atoms with Crippen molar-refractivity contribution in [2.75, 3.05) is 25.5 Å². The molecule has 1 unspecified atom stereocenters. The van der Waals surface area contributed by atoms with Crippen molar-refractivity contribution in [3.05, 3.63) is 53.7 Å². The Morgan fingerprint density at radius 1 is 1.19 bits per heavy atom. The number of rotatable bonds is 4. The lowest BCUT2D eigenvalue weighted by Gasteiger charge is -2.32. The fourth-order valence-electron chi connectivity index (χ4n) is 3.21. The van der Waals surface area contributed by atoms with Crippen LogP contribution in [0.3, 0.4) is 0 Å². The van der Waals surface area contributed by atoms with E-state index in [-0.39, 0.29) is 17.7 Å². The fraction of sp³-hybridized carbons (Fsp3) is 0.350. The number of aryl methyl sites for hydroxylation is 1. The van der Waals surface area contributed by atoms with Crippen LogP contribution in [0.25, 0.3) is 0 Å². The van der Waals surface area contributed by atoms with Crippen LogP contribution in [0.1, 0.15) is 28.9 Å². The number of likely N-dealkylation sites (tertiary alicyclic amines) is 1. The molecule has 6 heteroatoms. The number of hydrogen-bond donors (Lipinski definition) is 1. The molecule has 1 aliphatic rings. The van der Waals surface area contributed by atoms with Crippen LogP contribution in [-0.2, 0) is 4.79 Å². The Morgan fingerprint density at radius 3 is 2.77 bits per heavy atom. The number of carbonyl (C=O) groups is 2. The summed E-state index contributed by atoms with van der Waals surface area (Å²) in [4.78, 5) is 31.5. The third-order valence-electron chi connectivity index (χ3n) is 4.56. The smallest absolute Gasteiger partial charge is 0.257 e. The van der Waals surface area contributed by atoms with E-state index in [9.17, 15) is 9.59 Å². The van der Waals surface area contributed by atoms with Crippen molar-refractivity contribution in [2.45, 2.75) is 19.8 Å². The summed E-state index contributed by atoms with van der Waals surface area (Å²) < 4.78 is 5.29. The molecule has 1 N–H and O–H groups in total. The fourth-order valence-corrected chi connectivity index (χ4v) is 3.21. The second-order valence-electron chi connectivity index (χ2n) is 6.44. The van der Waals surface area contributed by atoms with Gasteiger partial charge in [0.2, 0.25) is 5.91 Å². The number of pyridine rings is 1. The second-order valence-corrected chi connectivity index (χ2v) is 6.44. The Labute approximate surface area is 153 Å². The zero-order chi connectivity index (χ0) is 18.5. The maximum absolute atomic E-state index is 12.9. The molecule has 1 fully saturated rings. The molecule has 0 aliphatic carbocycles. The Kier molecular flexibility index (Phi) is 5.51. The predicted molar refractivity (Wildman–Crippen MR) is 99.2 cm³/mol. The van der Waals surface area contributed by atoms with E-state index in [1.807, 2.05) is 31.2 Å². The van der Waals surface area contributed by atoms with E-state index in [1.165, 1.54) is 0 Å². The van der Waals surface area contributed by atoms with Crippen molar-refractivity contribution in [3.63, 3.8) is 0 Å². The van der Waals surface area contributed by atoms with Gasteiger partial charge in [-0.1, -0.05) is 18.2 Å². The number of piperidine rings is 1. The molecule has 0 bridgehead atoms. The van der Waals surface area contributed by atoms with Gasteiger partial charge in [0, 0.05) is 18.8 Å². The molecule has 0 saturated carbocycles. The quantitative estimate of drug-likeness (QED) is 0.917. The number of amides is 2. The third kappa shape index (κ3) is 4.02. The van der Waals surface area contributed by atoms with Gasteiger partial charge in [-0.05, 0) is 44.0 Å². The van der Waals surface area contributed by atoms with Gasteiger partial charge in [0.15, 0.2) is 0 Å². The Balaban J connectivity index is 1.68. The zero-order valence-electron chi connectivity index (χ0n) is 15.1. The highest BCUT2D eigenvalue weighted by Crippen LogP contribution is 2.24. The van der Waals surface area contributed by atoms with Crippen molar-refractivity contribution >= 4 is 17.6 Å². The summed E-state index contributed by atoms with van der Waals surface area (Å²) in [6, 6.07) is 12.7. The van der Waals surface area contributed by atoms with E-state index in [2.05, 4.69) is 10.3 Å². The maximum atomic E-state index is 12.9. The SMILES string of the molecule is COc1ccccc1C(=O)N1CCCC(C(=O)Nc2cccc(C)n2)C1. The first-order valence-corrected chi connectivity index (χ1v) is 8.75. The molecule has 2 heterocycles. The Hall–Kier alpha value is -2.89. The molecule has 1 aliphatic heterocycles. The molecule has 0 spiro atoms. The van der Waals surface area contributed by atoms with E-state index in [0.29, 0.717) is 30.2 Å². The highest BCUT2D eigenvalue weighted by atomic mass is 16.5. The number of nitrogens with one attached hydrogen (secondary N) is 1. The van der Waals surface area contributed by atoms with Gasteiger partial charge in [-0.25, -0.2) is 4.98 Å². The average molecular weight is 353 g/mol. The standard InChI is InChI=1S/C20H23N3O3/c1-14-7-5-11-18(21-14)22-19(24)15-8-6-12-23(13-15)20(25)16-9-3-4-10-17(16)26-2/h3-5,7,9-11,15H,6,8,12-13H2,1-2H3,(H,21,22,24). The molecule has 2 aromatic rings. The van der Waals surface area contributed by atoms with Gasteiger partial charge in [0.05, 0.1) is 18.6 Å². The number of aromatic nitrogens is 1. The van der Waals surface area contributed by atoms with Crippen molar-refractivity contribution in [3.8, 4) is 5.75 Å². The summed E-state index contributed by atoms with van der Waals surface area (Å²) in [5.41, 5.74) is 1.37. The van der Waals surface area contributed by atoms with Gasteiger partial charge in [0.25, 0.3) is 5.91 Å². The van der Waals surface area contributed by atoms with Crippen LogP contribution in [0.15, 0.2) is 42.5 Å². The molecule has 136 valence electrons. The molecule has 1 aromatic heterocycles. The lowest BCUT2D eigenvalue weighted by atomic mass is 9.96. The number of para-hydroxylation sites is 1. The van der Waals surface area contributed by atoms with Crippen LogP contribution in [0.4, 0.5) is 5.82 Å². The first-order valence-electron chi connectivity index (χ1n) is 8.75. The summed E-state index contributed by atoms with van der Waals surface area (Å²) in [5, 5.41) is 2.86. The van der Waals surface area contributed by atoms with Gasteiger partial charge in [-0.15, -0.1) is 0 Å². The number of anilines is 1. The molecule has 1 atom stereocenters. The van der Waals surface area contributed by atoms with E-state index in [4.69, 9.17) is 4.74 Å². The number of ether oxygens (including phenoxy) is 1. The highest BCUT2D eigenvalue weighted by molar-refractivity contribution is 5.98. The van der Waals surface area contributed by atoms with Crippen LogP contribution < -0.4 is 10.1 Å². The summed E-state index contributed by atoms with van der Waals surface area (Å²) in [5.74, 6) is 0.648. The largest absolute Gasteiger partial charge is 0.496 e. The van der Waals surface area contributed by atoms with E-state index in [1.54, 1.807) is 30.2 Å².